The molecule has 0 saturated heterocycles. The van der Waals surface area contributed by atoms with Gasteiger partial charge in [-0.05, 0) is 48.6 Å². The van der Waals surface area contributed by atoms with Gasteiger partial charge in [-0.2, -0.15) is 0 Å². The number of amides is 1. The van der Waals surface area contributed by atoms with Crippen molar-refractivity contribution < 1.29 is 9.53 Å². The molecule has 0 aliphatic rings. The van der Waals surface area contributed by atoms with Gasteiger partial charge in [0.1, 0.15) is 5.75 Å². The summed E-state index contributed by atoms with van der Waals surface area (Å²) in [7, 11) is 0. The largest absolute Gasteiger partial charge is 0.493 e. The quantitative estimate of drug-likeness (QED) is 0.829. The van der Waals surface area contributed by atoms with Crippen LogP contribution in [0.3, 0.4) is 0 Å². The van der Waals surface area contributed by atoms with Crippen molar-refractivity contribution in [1.82, 2.24) is 0 Å². The molecular formula is C20H25NO2. The lowest BCUT2D eigenvalue weighted by molar-refractivity contribution is -0.116. The number of hydrogen-bond donors (Lipinski definition) is 1. The summed E-state index contributed by atoms with van der Waals surface area (Å²) < 4.78 is 5.64. The summed E-state index contributed by atoms with van der Waals surface area (Å²) >= 11 is 0. The highest BCUT2D eigenvalue weighted by molar-refractivity contribution is 5.92. The van der Waals surface area contributed by atoms with Crippen LogP contribution in [0.4, 0.5) is 5.69 Å². The molecule has 0 saturated carbocycles. The van der Waals surface area contributed by atoms with Crippen LogP contribution in [0.1, 0.15) is 42.9 Å². The Morgan fingerprint density at radius 2 is 1.87 bits per heavy atom. The van der Waals surface area contributed by atoms with E-state index in [0.717, 1.165) is 28.1 Å². The average molecular weight is 311 g/mol. The molecule has 0 aromatic heterocycles. The fraction of sp³-hybridized carbons (Fsp3) is 0.350. The molecule has 3 heteroatoms. The molecule has 3 nitrogen and oxygen atoms in total. The Morgan fingerprint density at radius 3 is 2.57 bits per heavy atom. The number of aryl methyl sites for hydroxylation is 2. The highest BCUT2D eigenvalue weighted by Gasteiger charge is 2.12. The third-order valence-corrected chi connectivity index (χ3v) is 3.78. The van der Waals surface area contributed by atoms with E-state index in [1.54, 1.807) is 0 Å². The van der Waals surface area contributed by atoms with Crippen LogP contribution in [0.15, 0.2) is 42.5 Å². The van der Waals surface area contributed by atoms with Crippen LogP contribution in [0.5, 0.6) is 5.75 Å². The Morgan fingerprint density at radius 1 is 1.13 bits per heavy atom. The minimum atomic E-state index is -0.0196. The zero-order valence-corrected chi connectivity index (χ0v) is 14.3. The third kappa shape index (κ3) is 4.85. The van der Waals surface area contributed by atoms with Crippen molar-refractivity contribution in [3.63, 3.8) is 0 Å². The number of carbonyl (C=O) groups excluding carboxylic acids is 1. The van der Waals surface area contributed by atoms with Crippen molar-refractivity contribution in [3.05, 3.63) is 59.2 Å². The van der Waals surface area contributed by atoms with Crippen LogP contribution in [0.25, 0.3) is 0 Å². The van der Waals surface area contributed by atoms with Gasteiger partial charge < -0.3 is 10.1 Å². The van der Waals surface area contributed by atoms with Crippen molar-refractivity contribution in [2.24, 2.45) is 0 Å². The molecule has 0 aliphatic carbocycles. The van der Waals surface area contributed by atoms with E-state index in [4.69, 9.17) is 4.74 Å². The van der Waals surface area contributed by atoms with E-state index in [1.165, 1.54) is 0 Å². The fourth-order valence-electron chi connectivity index (χ4n) is 2.51. The number of benzene rings is 2. The van der Waals surface area contributed by atoms with Gasteiger partial charge >= 0.3 is 0 Å². The minimum Gasteiger partial charge on any atom is -0.493 e. The monoisotopic (exact) mass is 311 g/mol. The zero-order valence-electron chi connectivity index (χ0n) is 14.3. The maximum absolute atomic E-state index is 12.2. The Labute approximate surface area is 138 Å². The number of ether oxygens (including phenoxy) is 1. The third-order valence-electron chi connectivity index (χ3n) is 3.78. The van der Waals surface area contributed by atoms with Crippen molar-refractivity contribution in [3.8, 4) is 5.75 Å². The number of hydrogen-bond acceptors (Lipinski definition) is 2. The second-order valence-corrected chi connectivity index (χ2v) is 6.16. The lowest BCUT2D eigenvalue weighted by atomic mass is 9.98. The molecule has 0 fully saturated rings. The van der Waals surface area contributed by atoms with Crippen LogP contribution >= 0.6 is 0 Å². The van der Waals surface area contributed by atoms with E-state index in [0.29, 0.717) is 18.9 Å². The molecule has 0 aliphatic heterocycles. The maximum Gasteiger partial charge on any atom is 0.227 e. The topological polar surface area (TPSA) is 38.3 Å². The lowest BCUT2D eigenvalue weighted by Gasteiger charge is -2.16. The van der Waals surface area contributed by atoms with Gasteiger partial charge in [-0.3, -0.25) is 4.79 Å². The van der Waals surface area contributed by atoms with Crippen molar-refractivity contribution >= 4 is 11.6 Å². The van der Waals surface area contributed by atoms with Crippen LogP contribution in [-0.2, 0) is 4.79 Å². The molecule has 23 heavy (non-hydrogen) atoms. The van der Waals surface area contributed by atoms with E-state index in [-0.39, 0.29) is 5.91 Å². The van der Waals surface area contributed by atoms with Crippen LogP contribution in [0.2, 0.25) is 0 Å². The molecular weight excluding hydrogens is 286 g/mol. The van der Waals surface area contributed by atoms with E-state index in [2.05, 4.69) is 25.2 Å². The van der Waals surface area contributed by atoms with E-state index >= 15 is 0 Å². The summed E-state index contributed by atoms with van der Waals surface area (Å²) in [5.41, 5.74) is 4.33. The van der Waals surface area contributed by atoms with Gasteiger partial charge in [0.15, 0.2) is 0 Å². The van der Waals surface area contributed by atoms with E-state index in [9.17, 15) is 4.79 Å². The molecule has 1 amide bonds. The number of anilines is 1. The number of rotatable bonds is 6. The predicted molar refractivity (Wildman–Crippen MR) is 95.2 cm³/mol. The summed E-state index contributed by atoms with van der Waals surface area (Å²) in [6.45, 7) is 8.67. The first-order chi connectivity index (χ1) is 11.0. The fourth-order valence-corrected chi connectivity index (χ4v) is 2.51. The first kappa shape index (κ1) is 17.1. The number of nitrogens with one attached hydrogen (secondary N) is 1. The van der Waals surface area contributed by atoms with E-state index in [1.807, 2.05) is 50.2 Å². The van der Waals surface area contributed by atoms with Gasteiger partial charge in [0.05, 0.1) is 13.0 Å². The van der Waals surface area contributed by atoms with Gasteiger partial charge in [0.2, 0.25) is 5.91 Å². The minimum absolute atomic E-state index is 0.0196. The molecule has 0 heterocycles. The Hall–Kier alpha value is -2.29. The van der Waals surface area contributed by atoms with Gasteiger partial charge in [0.25, 0.3) is 0 Å². The Balaban J connectivity index is 1.93. The van der Waals surface area contributed by atoms with Crippen molar-refractivity contribution in [2.45, 2.75) is 40.0 Å². The SMILES string of the molecule is Cc1cccc(OCCC(=O)Nc2c(C)cccc2C(C)C)c1. The Kier molecular flexibility index (Phi) is 5.80. The normalized spacial score (nSPS) is 10.7. The van der Waals surface area contributed by atoms with Crippen molar-refractivity contribution in [2.75, 3.05) is 11.9 Å². The first-order valence-corrected chi connectivity index (χ1v) is 8.06. The molecule has 0 bridgehead atoms. The van der Waals surface area contributed by atoms with Crippen LogP contribution < -0.4 is 10.1 Å². The number of carbonyl (C=O) groups is 1. The molecule has 0 spiro atoms. The molecule has 0 radical (unpaired) electrons. The second kappa shape index (κ2) is 7.82. The molecule has 122 valence electrons. The predicted octanol–water partition coefficient (Wildman–Crippen LogP) is 4.83. The van der Waals surface area contributed by atoms with Crippen molar-refractivity contribution in [1.29, 1.82) is 0 Å². The van der Waals surface area contributed by atoms with Gasteiger partial charge in [-0.25, -0.2) is 0 Å². The summed E-state index contributed by atoms with van der Waals surface area (Å²) in [6, 6.07) is 14.0. The molecule has 2 aromatic rings. The zero-order chi connectivity index (χ0) is 16.8. The van der Waals surface area contributed by atoms with Crippen LogP contribution in [-0.4, -0.2) is 12.5 Å². The summed E-state index contributed by atoms with van der Waals surface area (Å²) in [5.74, 6) is 1.15. The van der Waals surface area contributed by atoms with Gasteiger partial charge in [-0.1, -0.05) is 44.2 Å². The number of para-hydroxylation sites is 1. The standard InChI is InChI=1S/C20H25NO2/c1-14(2)18-10-6-8-16(4)20(18)21-19(22)11-12-23-17-9-5-7-15(3)13-17/h5-10,13-14H,11-12H2,1-4H3,(H,21,22). The van der Waals surface area contributed by atoms with Gasteiger partial charge in [0, 0.05) is 5.69 Å². The second-order valence-electron chi connectivity index (χ2n) is 6.16. The summed E-state index contributed by atoms with van der Waals surface area (Å²) in [6.07, 6.45) is 0.333. The van der Waals surface area contributed by atoms with E-state index < -0.39 is 0 Å². The highest BCUT2D eigenvalue weighted by Crippen LogP contribution is 2.27. The first-order valence-electron chi connectivity index (χ1n) is 8.06. The molecule has 0 atom stereocenters. The van der Waals surface area contributed by atoms with Gasteiger partial charge in [-0.15, -0.1) is 0 Å². The smallest absolute Gasteiger partial charge is 0.227 e. The Bertz CT molecular complexity index is 677. The summed E-state index contributed by atoms with van der Waals surface area (Å²) in [4.78, 5) is 12.2. The highest BCUT2D eigenvalue weighted by atomic mass is 16.5. The molecule has 1 N–H and O–H groups in total. The summed E-state index contributed by atoms with van der Waals surface area (Å²) in [5, 5.41) is 3.04. The van der Waals surface area contributed by atoms with Crippen LogP contribution in [0, 0.1) is 13.8 Å². The maximum atomic E-state index is 12.2. The molecule has 2 rings (SSSR count). The average Bonchev–Trinajstić information content (AvgIpc) is 2.49. The molecule has 0 unspecified atom stereocenters. The molecule has 2 aromatic carbocycles. The lowest BCUT2D eigenvalue weighted by Crippen LogP contribution is -2.17.